The first-order valence-electron chi connectivity index (χ1n) is 4.39. The topological polar surface area (TPSA) is 76.2 Å². The van der Waals surface area contributed by atoms with Crippen LogP contribution in [0.2, 0.25) is 0 Å². The summed E-state index contributed by atoms with van der Waals surface area (Å²) >= 11 is 2.76. The van der Waals surface area contributed by atoms with Gasteiger partial charge in [0.25, 0.3) is 0 Å². The fourth-order valence-electron chi connectivity index (χ4n) is 1.11. The predicted octanol–water partition coefficient (Wildman–Crippen LogP) is 2.43. The lowest BCUT2D eigenvalue weighted by Crippen LogP contribution is -1.97. The predicted molar refractivity (Wildman–Crippen MR) is 59.9 cm³/mol. The Bertz CT molecular complexity index is 506. The average molecular weight is 256 g/mol. The number of hydrogen-bond donors (Lipinski definition) is 1. The van der Waals surface area contributed by atoms with Crippen molar-refractivity contribution in [2.45, 2.75) is 17.0 Å². The zero-order valence-electron chi connectivity index (χ0n) is 8.34. The summed E-state index contributed by atoms with van der Waals surface area (Å²) in [7, 11) is 0. The van der Waals surface area contributed by atoms with Crippen molar-refractivity contribution in [2.24, 2.45) is 0 Å². The van der Waals surface area contributed by atoms with Gasteiger partial charge < -0.3 is 9.52 Å². The van der Waals surface area contributed by atoms with Crippen molar-refractivity contribution in [3.63, 3.8) is 0 Å². The Morgan fingerprint density at radius 3 is 3.12 bits per heavy atom. The Kier molecular flexibility index (Phi) is 3.25. The summed E-state index contributed by atoms with van der Waals surface area (Å²) < 4.78 is 9.75. The Morgan fingerprint density at radius 2 is 2.50 bits per heavy atom. The molecule has 0 amide bonds. The van der Waals surface area contributed by atoms with Gasteiger partial charge in [0.1, 0.15) is 5.82 Å². The smallest absolute Gasteiger partial charge is 0.372 e. The van der Waals surface area contributed by atoms with Gasteiger partial charge in [0.2, 0.25) is 5.76 Å². The fraction of sp³-hybridized carbons (Fsp3) is 0.222. The molecule has 0 bridgehead atoms. The second-order valence-corrected chi connectivity index (χ2v) is 4.95. The molecule has 7 heteroatoms. The lowest BCUT2D eigenvalue weighted by atomic mass is 10.3. The van der Waals surface area contributed by atoms with E-state index in [1.807, 2.05) is 6.92 Å². The normalized spacial score (nSPS) is 10.6. The maximum atomic E-state index is 10.8. The molecule has 0 aromatic carbocycles. The number of nitrogens with zero attached hydrogens (tertiary/aromatic N) is 2. The number of hydrogen-bond acceptors (Lipinski definition) is 6. The van der Waals surface area contributed by atoms with Gasteiger partial charge in [0, 0.05) is 11.3 Å². The van der Waals surface area contributed by atoms with Gasteiger partial charge in [-0.2, -0.15) is 4.37 Å². The molecule has 5 nitrogen and oxygen atoms in total. The Balaban J connectivity index is 2.04. The lowest BCUT2D eigenvalue weighted by Gasteiger charge is -1.95. The molecule has 0 aliphatic rings. The number of aromatic nitrogens is 2. The molecule has 0 saturated heterocycles. The van der Waals surface area contributed by atoms with Crippen molar-refractivity contribution < 1.29 is 14.3 Å². The van der Waals surface area contributed by atoms with Crippen molar-refractivity contribution in [1.82, 2.24) is 9.36 Å². The molecule has 0 spiro atoms. The van der Waals surface area contributed by atoms with Gasteiger partial charge in [0.15, 0.2) is 4.34 Å². The molecule has 2 rings (SSSR count). The highest BCUT2D eigenvalue weighted by atomic mass is 32.2. The number of carboxylic acid groups (broad SMARTS) is 1. The number of aromatic carboxylic acids is 1. The molecule has 0 unspecified atom stereocenters. The van der Waals surface area contributed by atoms with E-state index in [1.54, 1.807) is 6.07 Å². The molecule has 16 heavy (non-hydrogen) atoms. The van der Waals surface area contributed by atoms with Crippen LogP contribution in [0.3, 0.4) is 0 Å². The van der Waals surface area contributed by atoms with Crippen molar-refractivity contribution in [2.75, 3.05) is 0 Å². The maximum absolute atomic E-state index is 10.8. The summed E-state index contributed by atoms with van der Waals surface area (Å²) in [4.78, 5) is 14.9. The summed E-state index contributed by atoms with van der Waals surface area (Å²) in [6, 6.07) is 1.66. The number of carbonyl (C=O) groups is 1. The van der Waals surface area contributed by atoms with Crippen LogP contribution in [0, 0.1) is 6.92 Å². The number of furan rings is 1. The van der Waals surface area contributed by atoms with Crippen LogP contribution < -0.4 is 0 Å². The number of carboxylic acids is 1. The highest BCUT2D eigenvalue weighted by Gasteiger charge is 2.14. The maximum Gasteiger partial charge on any atom is 0.372 e. The molecular formula is C9H8N2O3S2. The van der Waals surface area contributed by atoms with E-state index in [9.17, 15) is 4.79 Å². The van der Waals surface area contributed by atoms with Gasteiger partial charge in [-0.25, -0.2) is 9.78 Å². The van der Waals surface area contributed by atoms with Gasteiger partial charge in [-0.15, -0.1) is 0 Å². The van der Waals surface area contributed by atoms with Crippen LogP contribution in [-0.4, -0.2) is 20.4 Å². The standard InChI is InChI=1S/C9H8N2O3S2/c1-5-10-9(16-11-5)15-4-6-2-3-14-7(6)8(12)13/h2-3H,4H2,1H3,(H,12,13). The minimum Gasteiger partial charge on any atom is -0.475 e. The molecular weight excluding hydrogens is 248 g/mol. The Hall–Kier alpha value is -1.34. The van der Waals surface area contributed by atoms with E-state index < -0.39 is 5.97 Å². The summed E-state index contributed by atoms with van der Waals surface area (Å²) in [5, 5.41) is 8.83. The summed E-state index contributed by atoms with van der Waals surface area (Å²) in [5.74, 6) is 0.202. The first-order valence-corrected chi connectivity index (χ1v) is 6.15. The molecule has 0 aliphatic heterocycles. The molecule has 0 aliphatic carbocycles. The molecule has 84 valence electrons. The monoisotopic (exact) mass is 256 g/mol. The van der Waals surface area contributed by atoms with Crippen molar-refractivity contribution in [3.8, 4) is 0 Å². The molecule has 0 saturated carbocycles. The third-order valence-corrected chi connectivity index (χ3v) is 3.77. The Labute approximate surface area is 99.7 Å². The van der Waals surface area contributed by atoms with E-state index in [-0.39, 0.29) is 5.76 Å². The third-order valence-electron chi connectivity index (χ3n) is 1.80. The first-order chi connectivity index (χ1) is 7.66. The zero-order valence-corrected chi connectivity index (χ0v) is 9.97. The van der Waals surface area contributed by atoms with Crippen LogP contribution in [0.5, 0.6) is 0 Å². The highest BCUT2D eigenvalue weighted by molar-refractivity contribution is 8.00. The van der Waals surface area contributed by atoms with E-state index in [0.717, 1.165) is 10.2 Å². The van der Waals surface area contributed by atoms with E-state index in [0.29, 0.717) is 11.3 Å². The lowest BCUT2D eigenvalue weighted by molar-refractivity contribution is 0.0661. The SMILES string of the molecule is Cc1nsc(SCc2ccoc2C(=O)O)n1. The highest BCUT2D eigenvalue weighted by Crippen LogP contribution is 2.26. The van der Waals surface area contributed by atoms with Gasteiger partial charge in [-0.05, 0) is 24.5 Å². The summed E-state index contributed by atoms with van der Waals surface area (Å²) in [6.45, 7) is 1.82. The fourth-order valence-corrected chi connectivity index (χ4v) is 2.74. The van der Waals surface area contributed by atoms with Crippen molar-refractivity contribution in [1.29, 1.82) is 0 Å². The van der Waals surface area contributed by atoms with Crippen LogP contribution in [0.25, 0.3) is 0 Å². The second kappa shape index (κ2) is 4.67. The zero-order chi connectivity index (χ0) is 11.5. The van der Waals surface area contributed by atoms with Crippen LogP contribution >= 0.6 is 23.3 Å². The van der Waals surface area contributed by atoms with E-state index in [2.05, 4.69) is 9.36 Å². The Morgan fingerprint density at radius 1 is 1.69 bits per heavy atom. The van der Waals surface area contributed by atoms with Gasteiger partial charge >= 0.3 is 5.97 Å². The van der Waals surface area contributed by atoms with Crippen LogP contribution in [0.1, 0.15) is 21.9 Å². The molecule has 0 atom stereocenters. The van der Waals surface area contributed by atoms with Gasteiger partial charge in [0.05, 0.1) is 6.26 Å². The van der Waals surface area contributed by atoms with Crippen LogP contribution in [-0.2, 0) is 5.75 Å². The van der Waals surface area contributed by atoms with Crippen molar-refractivity contribution >= 4 is 29.3 Å². The number of aryl methyl sites for hydroxylation is 1. The molecule has 2 aromatic rings. The minimum atomic E-state index is -1.05. The summed E-state index contributed by atoms with van der Waals surface area (Å²) in [6.07, 6.45) is 1.38. The molecule has 1 N–H and O–H groups in total. The quantitative estimate of drug-likeness (QED) is 0.847. The molecule has 0 fully saturated rings. The summed E-state index contributed by atoms with van der Waals surface area (Å²) in [5.41, 5.74) is 0.658. The number of rotatable bonds is 4. The van der Waals surface area contributed by atoms with Gasteiger partial charge in [-0.3, -0.25) is 0 Å². The van der Waals surface area contributed by atoms with Gasteiger partial charge in [-0.1, -0.05) is 11.8 Å². The van der Waals surface area contributed by atoms with Crippen LogP contribution in [0.15, 0.2) is 21.1 Å². The average Bonchev–Trinajstić information content (AvgIpc) is 2.83. The van der Waals surface area contributed by atoms with Crippen molar-refractivity contribution in [3.05, 3.63) is 29.5 Å². The molecule has 2 aromatic heterocycles. The number of thioether (sulfide) groups is 1. The van der Waals surface area contributed by atoms with Crippen LogP contribution in [0.4, 0.5) is 0 Å². The van der Waals surface area contributed by atoms with E-state index >= 15 is 0 Å². The third kappa shape index (κ3) is 2.42. The largest absolute Gasteiger partial charge is 0.475 e. The minimum absolute atomic E-state index is 0.00580. The van der Waals surface area contributed by atoms with E-state index in [4.69, 9.17) is 9.52 Å². The van der Waals surface area contributed by atoms with E-state index in [1.165, 1.54) is 29.6 Å². The molecule has 0 radical (unpaired) electrons. The molecule has 2 heterocycles. The second-order valence-electron chi connectivity index (χ2n) is 2.98. The first kappa shape index (κ1) is 11.2.